The number of hydrogen-bond acceptors (Lipinski definition) is 4. The molecule has 0 unspecified atom stereocenters. The third kappa shape index (κ3) is 4.02. The average Bonchev–Trinajstić information content (AvgIpc) is 2.24. The summed E-state index contributed by atoms with van der Waals surface area (Å²) in [5.74, 6) is -1.47. The van der Waals surface area contributed by atoms with Crippen molar-refractivity contribution in [3.05, 3.63) is 24.3 Å². The van der Waals surface area contributed by atoms with Gasteiger partial charge < -0.3 is 21.5 Å². The van der Waals surface area contributed by atoms with E-state index in [1.807, 2.05) is 0 Å². The molecule has 0 spiro atoms. The molecule has 1 rings (SSSR count). The highest BCUT2D eigenvalue weighted by atomic mass is 16.4. The van der Waals surface area contributed by atoms with Crippen LogP contribution in [0.5, 0.6) is 0 Å². The van der Waals surface area contributed by atoms with Gasteiger partial charge in [0, 0.05) is 6.54 Å². The molecule has 0 aromatic heterocycles. The van der Waals surface area contributed by atoms with Gasteiger partial charge in [0.15, 0.2) is 0 Å². The summed E-state index contributed by atoms with van der Waals surface area (Å²) in [7, 11) is 0. The fourth-order valence-electron chi connectivity index (χ4n) is 1.48. The minimum atomic E-state index is -0.936. The van der Waals surface area contributed by atoms with Gasteiger partial charge in [-0.15, -0.1) is 0 Å². The van der Waals surface area contributed by atoms with Crippen LogP contribution in [0.3, 0.4) is 0 Å². The molecule has 0 radical (unpaired) electrons. The molecule has 0 saturated carbocycles. The first-order valence-electron chi connectivity index (χ1n) is 5.10. The quantitative estimate of drug-likeness (QED) is 0.605. The summed E-state index contributed by atoms with van der Waals surface area (Å²) >= 11 is 0. The van der Waals surface area contributed by atoms with Gasteiger partial charge in [-0.3, -0.25) is 9.59 Å². The predicted molar refractivity (Wildman–Crippen MR) is 64.5 cm³/mol. The van der Waals surface area contributed by atoms with Crippen LogP contribution in [0.25, 0.3) is 0 Å². The Bertz CT molecular complexity index is 420. The van der Waals surface area contributed by atoms with Gasteiger partial charge in [-0.1, -0.05) is 12.1 Å². The molecule has 6 nitrogen and oxygen atoms in total. The third-order valence-electron chi connectivity index (χ3n) is 2.22. The van der Waals surface area contributed by atoms with E-state index in [2.05, 4.69) is 0 Å². The summed E-state index contributed by atoms with van der Waals surface area (Å²) < 4.78 is 0. The van der Waals surface area contributed by atoms with E-state index in [1.165, 1.54) is 0 Å². The molecule has 0 aliphatic heterocycles. The van der Waals surface area contributed by atoms with E-state index in [0.717, 1.165) is 0 Å². The first-order valence-corrected chi connectivity index (χ1v) is 5.10. The van der Waals surface area contributed by atoms with Crippen LogP contribution in [0, 0.1) is 0 Å². The Labute approximate surface area is 98.8 Å². The second kappa shape index (κ2) is 5.74. The summed E-state index contributed by atoms with van der Waals surface area (Å²) in [4.78, 5) is 23.0. The number of nitrogen functional groups attached to an aromatic ring is 1. The standard InChI is InChI=1S/C11H15N3O3/c12-8-3-1-2-4-9(8)14(7-10(13)15)6-5-11(16)17/h1-4H,5-7,12H2,(H2,13,15)(H,16,17). The maximum absolute atomic E-state index is 10.9. The first-order chi connectivity index (χ1) is 8.00. The topological polar surface area (TPSA) is 110 Å². The van der Waals surface area contributed by atoms with Crippen LogP contribution in [0.1, 0.15) is 6.42 Å². The highest BCUT2D eigenvalue weighted by Gasteiger charge is 2.13. The fourth-order valence-corrected chi connectivity index (χ4v) is 1.48. The molecule has 0 saturated heterocycles. The molecule has 1 aromatic carbocycles. The van der Waals surface area contributed by atoms with Gasteiger partial charge in [0.25, 0.3) is 0 Å². The second-order valence-electron chi connectivity index (χ2n) is 3.59. The maximum atomic E-state index is 10.9. The monoisotopic (exact) mass is 237 g/mol. The lowest BCUT2D eigenvalue weighted by atomic mass is 10.2. The van der Waals surface area contributed by atoms with Crippen LogP contribution < -0.4 is 16.4 Å². The molecule has 0 heterocycles. The van der Waals surface area contributed by atoms with Gasteiger partial charge >= 0.3 is 5.97 Å². The number of anilines is 2. The van der Waals surface area contributed by atoms with Crippen LogP contribution >= 0.6 is 0 Å². The average molecular weight is 237 g/mol. The van der Waals surface area contributed by atoms with Crippen molar-refractivity contribution >= 4 is 23.3 Å². The third-order valence-corrected chi connectivity index (χ3v) is 2.22. The van der Waals surface area contributed by atoms with Gasteiger partial charge in [-0.2, -0.15) is 0 Å². The van der Waals surface area contributed by atoms with Gasteiger partial charge in [-0.05, 0) is 12.1 Å². The zero-order chi connectivity index (χ0) is 12.8. The van der Waals surface area contributed by atoms with E-state index in [1.54, 1.807) is 29.2 Å². The maximum Gasteiger partial charge on any atom is 0.305 e. The van der Waals surface area contributed by atoms with Gasteiger partial charge in [0.1, 0.15) is 0 Å². The number of carbonyl (C=O) groups excluding carboxylic acids is 1. The highest BCUT2D eigenvalue weighted by Crippen LogP contribution is 2.22. The number of aliphatic carboxylic acids is 1. The minimum absolute atomic E-state index is 0.0541. The van der Waals surface area contributed by atoms with Crippen LogP contribution in [0.2, 0.25) is 0 Å². The molecule has 17 heavy (non-hydrogen) atoms. The summed E-state index contributed by atoms with van der Waals surface area (Å²) in [5.41, 5.74) is 12.0. The normalized spacial score (nSPS) is 9.88. The lowest BCUT2D eigenvalue weighted by Crippen LogP contribution is -2.35. The minimum Gasteiger partial charge on any atom is -0.481 e. The van der Waals surface area contributed by atoms with Crippen molar-refractivity contribution in [1.82, 2.24) is 0 Å². The molecule has 1 amide bonds. The Hall–Kier alpha value is -2.24. The Morgan fingerprint density at radius 2 is 1.94 bits per heavy atom. The Balaban J connectivity index is 2.85. The van der Waals surface area contributed by atoms with Crippen LogP contribution in [-0.2, 0) is 9.59 Å². The second-order valence-corrected chi connectivity index (χ2v) is 3.59. The van der Waals surface area contributed by atoms with Crippen molar-refractivity contribution in [2.45, 2.75) is 6.42 Å². The summed E-state index contributed by atoms with van der Waals surface area (Å²) in [6, 6.07) is 6.93. The van der Waals surface area contributed by atoms with Crippen LogP contribution in [0.15, 0.2) is 24.3 Å². The Kier molecular flexibility index (Phi) is 4.33. The number of nitrogens with zero attached hydrogens (tertiary/aromatic N) is 1. The van der Waals surface area contributed by atoms with E-state index >= 15 is 0 Å². The Morgan fingerprint density at radius 1 is 1.29 bits per heavy atom. The number of rotatable bonds is 6. The van der Waals surface area contributed by atoms with Crippen LogP contribution in [0.4, 0.5) is 11.4 Å². The molecule has 6 heteroatoms. The lowest BCUT2D eigenvalue weighted by Gasteiger charge is -2.23. The molecule has 1 aromatic rings. The smallest absolute Gasteiger partial charge is 0.305 e. The molecule has 0 aliphatic rings. The first kappa shape index (κ1) is 12.8. The largest absolute Gasteiger partial charge is 0.481 e. The Morgan fingerprint density at radius 3 is 2.47 bits per heavy atom. The zero-order valence-electron chi connectivity index (χ0n) is 9.30. The summed E-state index contributed by atoms with van der Waals surface area (Å²) in [6.07, 6.45) is -0.0817. The van der Waals surface area contributed by atoms with Crippen LogP contribution in [-0.4, -0.2) is 30.1 Å². The van der Waals surface area contributed by atoms with E-state index in [4.69, 9.17) is 16.6 Å². The van der Waals surface area contributed by atoms with E-state index < -0.39 is 11.9 Å². The summed E-state index contributed by atoms with van der Waals surface area (Å²) in [5, 5.41) is 8.64. The number of hydrogen-bond donors (Lipinski definition) is 3. The van der Waals surface area contributed by atoms with Crippen molar-refractivity contribution in [1.29, 1.82) is 0 Å². The molecule has 0 fully saturated rings. The number of benzene rings is 1. The van der Waals surface area contributed by atoms with Crippen molar-refractivity contribution in [2.75, 3.05) is 23.7 Å². The van der Waals surface area contributed by atoms with E-state index in [9.17, 15) is 9.59 Å². The number of carbonyl (C=O) groups is 2. The highest BCUT2D eigenvalue weighted by molar-refractivity contribution is 5.82. The van der Waals surface area contributed by atoms with Gasteiger partial charge in [0.2, 0.25) is 5.91 Å². The van der Waals surface area contributed by atoms with Crippen molar-refractivity contribution in [3.8, 4) is 0 Å². The van der Waals surface area contributed by atoms with Crippen molar-refractivity contribution in [3.63, 3.8) is 0 Å². The number of nitrogens with two attached hydrogens (primary N) is 2. The number of carboxylic acids is 1. The molecular formula is C11H15N3O3. The number of amides is 1. The van der Waals surface area contributed by atoms with Gasteiger partial charge in [-0.25, -0.2) is 0 Å². The zero-order valence-corrected chi connectivity index (χ0v) is 9.30. The summed E-state index contributed by atoms with van der Waals surface area (Å²) in [6.45, 7) is 0.133. The molecule has 0 aliphatic carbocycles. The molecule has 5 N–H and O–H groups in total. The van der Waals surface area contributed by atoms with E-state index in [-0.39, 0.29) is 19.5 Å². The van der Waals surface area contributed by atoms with Crippen molar-refractivity contribution in [2.24, 2.45) is 5.73 Å². The number of primary amides is 1. The number of carboxylic acid groups (broad SMARTS) is 1. The molecule has 92 valence electrons. The SMILES string of the molecule is NC(=O)CN(CCC(=O)O)c1ccccc1N. The molecular weight excluding hydrogens is 222 g/mol. The molecule has 0 bridgehead atoms. The number of para-hydroxylation sites is 2. The van der Waals surface area contributed by atoms with Crippen molar-refractivity contribution < 1.29 is 14.7 Å². The predicted octanol–water partition coefficient (Wildman–Crippen LogP) is 0.0352. The lowest BCUT2D eigenvalue weighted by molar-refractivity contribution is -0.136. The van der Waals surface area contributed by atoms with Gasteiger partial charge in [0.05, 0.1) is 24.3 Å². The fraction of sp³-hybridized carbons (Fsp3) is 0.273. The molecule has 0 atom stereocenters. The van der Waals surface area contributed by atoms with E-state index in [0.29, 0.717) is 11.4 Å².